The smallest absolute Gasteiger partial charge is 0.223 e. The lowest BCUT2D eigenvalue weighted by Gasteiger charge is -2.32. The maximum absolute atomic E-state index is 12.2. The first-order valence-electron chi connectivity index (χ1n) is 8.86. The summed E-state index contributed by atoms with van der Waals surface area (Å²) in [4.78, 5) is 30.9. The summed E-state index contributed by atoms with van der Waals surface area (Å²) in [5.41, 5.74) is 1.67. The van der Waals surface area contributed by atoms with Gasteiger partial charge in [-0.3, -0.25) is 4.79 Å². The number of piperidine rings is 1. The molecule has 8 heteroatoms. The van der Waals surface area contributed by atoms with Gasteiger partial charge in [0.2, 0.25) is 5.91 Å². The van der Waals surface area contributed by atoms with E-state index in [9.17, 15) is 4.79 Å². The van der Waals surface area contributed by atoms with Crippen molar-refractivity contribution in [2.24, 2.45) is 5.92 Å². The molecule has 4 heterocycles. The molecule has 8 nitrogen and oxygen atoms in total. The van der Waals surface area contributed by atoms with Crippen molar-refractivity contribution in [2.75, 3.05) is 38.3 Å². The Labute approximate surface area is 151 Å². The summed E-state index contributed by atoms with van der Waals surface area (Å²) >= 11 is 0. The van der Waals surface area contributed by atoms with Gasteiger partial charge >= 0.3 is 0 Å². The molecule has 0 unspecified atom stereocenters. The van der Waals surface area contributed by atoms with Crippen molar-refractivity contribution in [3.8, 4) is 0 Å². The Kier molecular flexibility index (Phi) is 4.66. The molecule has 0 atom stereocenters. The molecule has 1 aliphatic rings. The highest BCUT2D eigenvalue weighted by Crippen LogP contribution is 2.31. The number of rotatable bonds is 5. The summed E-state index contributed by atoms with van der Waals surface area (Å²) in [5, 5.41) is 4.98. The van der Waals surface area contributed by atoms with Crippen molar-refractivity contribution in [1.82, 2.24) is 25.3 Å². The number of anilines is 1. The zero-order valence-electron chi connectivity index (χ0n) is 14.7. The van der Waals surface area contributed by atoms with E-state index in [1.54, 1.807) is 25.8 Å². The Balaban J connectivity index is 1.53. The fourth-order valence-electron chi connectivity index (χ4n) is 3.55. The summed E-state index contributed by atoms with van der Waals surface area (Å²) in [6.45, 7) is 2.70. The third kappa shape index (κ3) is 3.08. The summed E-state index contributed by atoms with van der Waals surface area (Å²) < 4.78 is 4.98. The van der Waals surface area contributed by atoms with Crippen molar-refractivity contribution >= 4 is 33.7 Å². The molecule has 3 aromatic rings. The second kappa shape index (κ2) is 7.25. The molecule has 26 heavy (non-hydrogen) atoms. The topological polar surface area (TPSA) is 96.0 Å². The molecule has 0 aromatic carbocycles. The van der Waals surface area contributed by atoms with Gasteiger partial charge in [0, 0.05) is 44.2 Å². The number of ether oxygens (including phenoxy) is 1. The lowest BCUT2D eigenvalue weighted by molar-refractivity contribution is -0.125. The molecule has 0 aliphatic carbocycles. The van der Waals surface area contributed by atoms with Crippen LogP contribution in [0, 0.1) is 5.92 Å². The van der Waals surface area contributed by atoms with Crippen molar-refractivity contribution in [3.05, 3.63) is 24.8 Å². The van der Waals surface area contributed by atoms with Crippen molar-refractivity contribution in [3.63, 3.8) is 0 Å². The van der Waals surface area contributed by atoms with E-state index in [2.05, 4.69) is 30.2 Å². The average Bonchev–Trinajstić information content (AvgIpc) is 3.17. The predicted octanol–water partition coefficient (Wildman–Crippen LogP) is 1.49. The molecule has 2 N–H and O–H groups in total. The van der Waals surface area contributed by atoms with Gasteiger partial charge in [-0.05, 0) is 18.9 Å². The highest BCUT2D eigenvalue weighted by molar-refractivity contribution is 6.08. The van der Waals surface area contributed by atoms with E-state index in [4.69, 9.17) is 4.74 Å². The van der Waals surface area contributed by atoms with Crippen LogP contribution < -0.4 is 10.2 Å². The Hall–Kier alpha value is -2.74. The van der Waals surface area contributed by atoms with Crippen LogP contribution in [0.4, 0.5) is 5.82 Å². The number of carbonyl (C=O) groups excluding carboxylic acids is 1. The van der Waals surface area contributed by atoms with Crippen LogP contribution in [0.15, 0.2) is 24.8 Å². The summed E-state index contributed by atoms with van der Waals surface area (Å²) in [6, 6.07) is 1.97. The predicted molar refractivity (Wildman–Crippen MR) is 99.0 cm³/mol. The summed E-state index contributed by atoms with van der Waals surface area (Å²) in [5.74, 6) is 1.09. The Morgan fingerprint density at radius 3 is 3.00 bits per heavy atom. The largest absolute Gasteiger partial charge is 0.383 e. The fourth-order valence-corrected chi connectivity index (χ4v) is 3.55. The standard InChI is InChI=1S/C18H22N6O2/c1-26-9-6-20-18(25)12-3-7-24(8-4-12)17-15-13-2-5-19-16(13)21-10-14(15)22-11-23-17/h2,5,10-12H,3-4,6-9H2,1H3,(H,20,25)(H,22,23). The van der Waals surface area contributed by atoms with Gasteiger partial charge in [0.05, 0.1) is 30.0 Å². The number of aromatic amines is 1. The molecule has 1 amide bonds. The van der Waals surface area contributed by atoms with Gasteiger partial charge in [-0.1, -0.05) is 0 Å². The normalized spacial score (nSPS) is 15.7. The van der Waals surface area contributed by atoms with E-state index in [1.807, 2.05) is 6.07 Å². The van der Waals surface area contributed by atoms with Gasteiger partial charge in [0.1, 0.15) is 5.82 Å². The minimum atomic E-state index is 0.0481. The van der Waals surface area contributed by atoms with E-state index in [-0.39, 0.29) is 11.8 Å². The van der Waals surface area contributed by atoms with Crippen LogP contribution in [0.25, 0.3) is 21.9 Å². The Bertz CT molecular complexity index is 916. The average molecular weight is 354 g/mol. The van der Waals surface area contributed by atoms with Gasteiger partial charge < -0.3 is 19.9 Å². The van der Waals surface area contributed by atoms with E-state index in [1.165, 1.54) is 0 Å². The van der Waals surface area contributed by atoms with E-state index in [0.717, 1.165) is 53.7 Å². The highest BCUT2D eigenvalue weighted by atomic mass is 16.5. The van der Waals surface area contributed by atoms with Crippen molar-refractivity contribution in [1.29, 1.82) is 0 Å². The number of hydrogen-bond donors (Lipinski definition) is 2. The number of amides is 1. The third-order valence-electron chi connectivity index (χ3n) is 4.93. The molecule has 0 radical (unpaired) electrons. The van der Waals surface area contributed by atoms with Crippen molar-refractivity contribution in [2.45, 2.75) is 12.8 Å². The number of aromatic nitrogens is 4. The Morgan fingerprint density at radius 2 is 2.19 bits per heavy atom. The molecule has 1 saturated heterocycles. The number of methoxy groups -OCH3 is 1. The first-order valence-corrected chi connectivity index (χ1v) is 8.86. The number of nitrogens with zero attached hydrogens (tertiary/aromatic N) is 4. The molecule has 0 spiro atoms. The fraction of sp³-hybridized carbons (Fsp3) is 0.444. The zero-order valence-corrected chi connectivity index (χ0v) is 14.7. The first-order chi connectivity index (χ1) is 12.8. The molecule has 1 aliphatic heterocycles. The van der Waals surface area contributed by atoms with Gasteiger partial charge in [0.15, 0.2) is 5.65 Å². The molecular formula is C18H22N6O2. The third-order valence-corrected chi connectivity index (χ3v) is 4.93. The zero-order chi connectivity index (χ0) is 17.9. The second-order valence-electron chi connectivity index (χ2n) is 6.50. The van der Waals surface area contributed by atoms with Gasteiger partial charge in [-0.2, -0.15) is 0 Å². The van der Waals surface area contributed by atoms with Crippen LogP contribution in [-0.2, 0) is 9.53 Å². The van der Waals surface area contributed by atoms with E-state index >= 15 is 0 Å². The van der Waals surface area contributed by atoms with Gasteiger partial charge in [-0.15, -0.1) is 0 Å². The number of pyridine rings is 1. The van der Waals surface area contributed by atoms with Crippen LogP contribution in [0.3, 0.4) is 0 Å². The van der Waals surface area contributed by atoms with Crippen LogP contribution in [0.1, 0.15) is 12.8 Å². The molecule has 3 aromatic heterocycles. The van der Waals surface area contributed by atoms with Crippen LogP contribution in [0.5, 0.6) is 0 Å². The summed E-state index contributed by atoms with van der Waals surface area (Å²) in [6.07, 6.45) is 6.89. The number of fused-ring (bicyclic) bond motifs is 3. The molecule has 136 valence electrons. The number of carbonyl (C=O) groups is 1. The minimum absolute atomic E-state index is 0.0481. The maximum atomic E-state index is 12.2. The maximum Gasteiger partial charge on any atom is 0.223 e. The molecule has 1 fully saturated rings. The van der Waals surface area contributed by atoms with Crippen LogP contribution in [0.2, 0.25) is 0 Å². The quantitative estimate of drug-likeness (QED) is 0.674. The summed E-state index contributed by atoms with van der Waals surface area (Å²) in [7, 11) is 1.63. The molecule has 0 bridgehead atoms. The number of nitrogens with one attached hydrogen (secondary N) is 2. The number of H-pyrrole nitrogens is 1. The minimum Gasteiger partial charge on any atom is -0.383 e. The molecule has 0 saturated carbocycles. The molecular weight excluding hydrogens is 332 g/mol. The van der Waals surface area contributed by atoms with Crippen LogP contribution in [-0.4, -0.2) is 59.2 Å². The lowest BCUT2D eigenvalue weighted by atomic mass is 9.95. The second-order valence-corrected chi connectivity index (χ2v) is 6.50. The highest BCUT2D eigenvalue weighted by Gasteiger charge is 2.26. The first kappa shape index (κ1) is 16.7. The van der Waals surface area contributed by atoms with Gasteiger partial charge in [0.25, 0.3) is 0 Å². The van der Waals surface area contributed by atoms with E-state index in [0.29, 0.717) is 13.2 Å². The molecule has 4 rings (SSSR count). The monoisotopic (exact) mass is 354 g/mol. The lowest BCUT2D eigenvalue weighted by Crippen LogP contribution is -2.41. The van der Waals surface area contributed by atoms with Crippen LogP contribution >= 0.6 is 0 Å². The number of hydrogen-bond acceptors (Lipinski definition) is 6. The van der Waals surface area contributed by atoms with E-state index < -0.39 is 0 Å². The Morgan fingerprint density at radius 1 is 1.35 bits per heavy atom. The van der Waals surface area contributed by atoms with Crippen molar-refractivity contribution < 1.29 is 9.53 Å². The SMILES string of the molecule is COCCNC(=O)C1CCN(c2nc[nH]c3cnc4nccc4c23)CC1. The van der Waals surface area contributed by atoms with Gasteiger partial charge in [-0.25, -0.2) is 15.0 Å².